The minimum absolute atomic E-state index is 0.374. The summed E-state index contributed by atoms with van der Waals surface area (Å²) in [4.78, 5) is 6.66. The molecule has 0 bridgehead atoms. The molecule has 1 rings (SSSR count). The van der Waals surface area contributed by atoms with Crippen molar-refractivity contribution in [2.24, 2.45) is 11.7 Å². The van der Waals surface area contributed by atoms with Crippen LogP contribution in [0.5, 0.6) is 0 Å². The summed E-state index contributed by atoms with van der Waals surface area (Å²) >= 11 is 6.00. The van der Waals surface area contributed by atoms with Gasteiger partial charge in [-0.05, 0) is 31.4 Å². The van der Waals surface area contributed by atoms with Crippen LogP contribution in [0.25, 0.3) is 0 Å². The fraction of sp³-hybridized carbons (Fsp3) is 0.615. The van der Waals surface area contributed by atoms with E-state index in [1.807, 2.05) is 12.1 Å². The largest absolute Gasteiger partial charge is 0.357 e. The lowest BCUT2D eigenvalue weighted by Gasteiger charge is -2.27. The number of hydrogen-bond donors (Lipinski definition) is 1. The monoisotopic (exact) mass is 255 g/mol. The van der Waals surface area contributed by atoms with Crippen molar-refractivity contribution in [3.8, 4) is 0 Å². The Morgan fingerprint density at radius 1 is 1.35 bits per heavy atom. The summed E-state index contributed by atoms with van der Waals surface area (Å²) in [6.45, 7) is 7.04. The van der Waals surface area contributed by atoms with E-state index in [1.54, 1.807) is 0 Å². The van der Waals surface area contributed by atoms with Crippen molar-refractivity contribution in [1.29, 1.82) is 0 Å². The van der Waals surface area contributed by atoms with Crippen LogP contribution in [0.4, 0.5) is 5.82 Å². The molecule has 0 aliphatic heterocycles. The van der Waals surface area contributed by atoms with Crippen LogP contribution in [0.15, 0.2) is 12.1 Å². The Morgan fingerprint density at radius 3 is 2.53 bits per heavy atom. The SMILES string of the molecule is CC(C)CC(C)N(C)c1ccc(Cl)c(CN)n1. The second-order valence-corrected chi connectivity index (χ2v) is 5.30. The zero-order chi connectivity index (χ0) is 13.0. The molecule has 0 amide bonds. The molecule has 0 aliphatic carbocycles. The Kier molecular flexibility index (Phi) is 5.22. The van der Waals surface area contributed by atoms with E-state index in [-0.39, 0.29) is 0 Å². The molecular weight excluding hydrogens is 234 g/mol. The first-order valence-electron chi connectivity index (χ1n) is 6.04. The van der Waals surface area contributed by atoms with Crippen molar-refractivity contribution >= 4 is 17.4 Å². The lowest BCUT2D eigenvalue weighted by molar-refractivity contribution is 0.502. The molecule has 3 nitrogen and oxygen atoms in total. The van der Waals surface area contributed by atoms with Gasteiger partial charge in [0, 0.05) is 19.6 Å². The lowest BCUT2D eigenvalue weighted by Crippen LogP contribution is -2.31. The fourth-order valence-corrected chi connectivity index (χ4v) is 2.06. The Morgan fingerprint density at radius 2 is 2.00 bits per heavy atom. The summed E-state index contributed by atoms with van der Waals surface area (Å²) in [5.74, 6) is 1.61. The lowest BCUT2D eigenvalue weighted by atomic mass is 10.0. The molecule has 0 aliphatic rings. The quantitative estimate of drug-likeness (QED) is 0.879. The molecule has 1 aromatic heterocycles. The van der Waals surface area contributed by atoms with Crippen molar-refractivity contribution in [2.45, 2.75) is 39.8 Å². The summed E-state index contributed by atoms with van der Waals surface area (Å²) in [7, 11) is 2.06. The maximum absolute atomic E-state index is 6.00. The van der Waals surface area contributed by atoms with Gasteiger partial charge in [-0.25, -0.2) is 4.98 Å². The highest BCUT2D eigenvalue weighted by Crippen LogP contribution is 2.21. The van der Waals surface area contributed by atoms with E-state index in [0.29, 0.717) is 23.5 Å². The van der Waals surface area contributed by atoms with Gasteiger partial charge in [0.2, 0.25) is 0 Å². The standard InChI is InChI=1S/C13H22ClN3/c1-9(2)7-10(3)17(4)13-6-5-11(14)12(8-15)16-13/h5-6,9-10H,7-8,15H2,1-4H3. The summed E-state index contributed by atoms with van der Waals surface area (Å²) in [6.07, 6.45) is 1.14. The van der Waals surface area contributed by atoms with E-state index in [1.165, 1.54) is 0 Å². The second kappa shape index (κ2) is 6.22. The summed E-state index contributed by atoms with van der Waals surface area (Å²) < 4.78 is 0. The minimum atomic E-state index is 0.374. The van der Waals surface area contributed by atoms with Crippen LogP contribution >= 0.6 is 11.6 Å². The zero-order valence-corrected chi connectivity index (χ0v) is 11.8. The molecule has 0 saturated heterocycles. The van der Waals surface area contributed by atoms with Gasteiger partial charge in [0.05, 0.1) is 10.7 Å². The number of pyridine rings is 1. The smallest absolute Gasteiger partial charge is 0.128 e. The van der Waals surface area contributed by atoms with Crippen LogP contribution < -0.4 is 10.6 Å². The summed E-state index contributed by atoms with van der Waals surface area (Å²) in [5.41, 5.74) is 6.37. The number of rotatable bonds is 5. The highest BCUT2D eigenvalue weighted by molar-refractivity contribution is 6.31. The van der Waals surface area contributed by atoms with E-state index >= 15 is 0 Å². The van der Waals surface area contributed by atoms with E-state index in [4.69, 9.17) is 17.3 Å². The summed E-state index contributed by atoms with van der Waals surface area (Å²) in [5, 5.41) is 0.640. The highest BCUT2D eigenvalue weighted by atomic mass is 35.5. The third kappa shape index (κ3) is 3.86. The molecular formula is C13H22ClN3. The van der Waals surface area contributed by atoms with Crippen molar-refractivity contribution in [2.75, 3.05) is 11.9 Å². The molecule has 1 unspecified atom stereocenters. The molecule has 1 atom stereocenters. The Balaban J connectivity index is 2.84. The van der Waals surface area contributed by atoms with Crippen LogP contribution in [0.1, 0.15) is 32.9 Å². The molecule has 4 heteroatoms. The molecule has 0 spiro atoms. The normalized spacial score (nSPS) is 12.9. The third-order valence-electron chi connectivity index (χ3n) is 2.93. The fourth-order valence-electron chi connectivity index (χ4n) is 1.88. The first-order chi connectivity index (χ1) is 7.95. The highest BCUT2D eigenvalue weighted by Gasteiger charge is 2.13. The van der Waals surface area contributed by atoms with Gasteiger partial charge >= 0.3 is 0 Å². The van der Waals surface area contributed by atoms with Crippen LogP contribution in [0, 0.1) is 5.92 Å². The van der Waals surface area contributed by atoms with Crippen molar-refractivity contribution in [1.82, 2.24) is 4.98 Å². The maximum atomic E-state index is 6.00. The van der Waals surface area contributed by atoms with Gasteiger partial charge < -0.3 is 10.6 Å². The average Bonchev–Trinajstić information content (AvgIpc) is 2.27. The van der Waals surface area contributed by atoms with Gasteiger partial charge in [-0.15, -0.1) is 0 Å². The van der Waals surface area contributed by atoms with Gasteiger partial charge in [-0.2, -0.15) is 0 Å². The molecule has 2 N–H and O–H groups in total. The number of aromatic nitrogens is 1. The zero-order valence-electron chi connectivity index (χ0n) is 11.1. The molecule has 0 radical (unpaired) electrons. The van der Waals surface area contributed by atoms with Gasteiger partial charge in [0.25, 0.3) is 0 Å². The first-order valence-corrected chi connectivity index (χ1v) is 6.41. The minimum Gasteiger partial charge on any atom is -0.357 e. The number of nitrogens with zero attached hydrogens (tertiary/aromatic N) is 2. The second-order valence-electron chi connectivity index (χ2n) is 4.89. The first kappa shape index (κ1) is 14.3. The summed E-state index contributed by atoms with van der Waals surface area (Å²) in [6, 6.07) is 4.26. The van der Waals surface area contributed by atoms with E-state index in [0.717, 1.165) is 17.9 Å². The van der Waals surface area contributed by atoms with Crippen LogP contribution in [0.3, 0.4) is 0 Å². The number of nitrogens with two attached hydrogens (primary N) is 1. The molecule has 0 aromatic carbocycles. The van der Waals surface area contributed by atoms with Gasteiger partial charge in [-0.1, -0.05) is 25.4 Å². The van der Waals surface area contributed by atoms with E-state index in [2.05, 4.69) is 37.7 Å². The van der Waals surface area contributed by atoms with Crippen LogP contribution in [-0.4, -0.2) is 18.1 Å². The Labute approximate surface area is 109 Å². The van der Waals surface area contributed by atoms with Gasteiger partial charge in [0.1, 0.15) is 5.82 Å². The number of anilines is 1. The topological polar surface area (TPSA) is 42.1 Å². The van der Waals surface area contributed by atoms with Gasteiger partial charge in [-0.3, -0.25) is 0 Å². The Bertz CT molecular complexity index is 366. The van der Waals surface area contributed by atoms with E-state index in [9.17, 15) is 0 Å². The molecule has 17 heavy (non-hydrogen) atoms. The predicted octanol–water partition coefficient (Wildman–Crippen LogP) is 3.06. The number of hydrogen-bond acceptors (Lipinski definition) is 3. The van der Waals surface area contributed by atoms with Crippen molar-refractivity contribution in [3.63, 3.8) is 0 Å². The molecule has 1 aromatic rings. The number of halogens is 1. The van der Waals surface area contributed by atoms with Gasteiger partial charge in [0.15, 0.2) is 0 Å². The van der Waals surface area contributed by atoms with E-state index < -0.39 is 0 Å². The van der Waals surface area contributed by atoms with Crippen LogP contribution in [-0.2, 0) is 6.54 Å². The molecule has 0 saturated carbocycles. The Hall–Kier alpha value is -0.800. The van der Waals surface area contributed by atoms with Crippen molar-refractivity contribution < 1.29 is 0 Å². The van der Waals surface area contributed by atoms with Crippen molar-refractivity contribution in [3.05, 3.63) is 22.8 Å². The predicted molar refractivity (Wildman–Crippen MR) is 74.5 cm³/mol. The average molecular weight is 256 g/mol. The molecule has 96 valence electrons. The molecule has 1 heterocycles. The molecule has 0 fully saturated rings. The van der Waals surface area contributed by atoms with Crippen LogP contribution in [0.2, 0.25) is 5.02 Å². The maximum Gasteiger partial charge on any atom is 0.128 e. The third-order valence-corrected chi connectivity index (χ3v) is 3.28.